The molecule has 202 valence electrons. The van der Waals surface area contributed by atoms with Gasteiger partial charge in [0, 0.05) is 47.1 Å². The topological polar surface area (TPSA) is 104 Å². The van der Waals surface area contributed by atoms with Crippen LogP contribution in [0.5, 0.6) is 0 Å². The lowest BCUT2D eigenvalue weighted by Gasteiger charge is -2.34. The molecule has 0 radical (unpaired) electrons. The number of imidazole rings is 1. The van der Waals surface area contributed by atoms with Crippen molar-refractivity contribution < 1.29 is 17.2 Å². The molecule has 1 unspecified atom stereocenters. The summed E-state index contributed by atoms with van der Waals surface area (Å²) >= 11 is 12.1. The number of hydrogen-bond acceptors (Lipinski definition) is 7. The molecular formula is C26H23Cl2FN6O3S. The van der Waals surface area contributed by atoms with E-state index < -0.39 is 16.3 Å². The zero-order valence-electron chi connectivity index (χ0n) is 20.4. The molecule has 0 saturated carbocycles. The number of piperidine rings is 1. The molecule has 2 aliphatic rings. The molecule has 2 aromatic heterocycles. The highest BCUT2D eigenvalue weighted by Crippen LogP contribution is 2.28. The second-order valence-corrected chi connectivity index (χ2v) is 12.1. The van der Waals surface area contributed by atoms with E-state index in [1.807, 2.05) is 6.08 Å². The number of fused-ring (bicyclic) bond motifs is 1. The van der Waals surface area contributed by atoms with E-state index in [0.717, 1.165) is 12.0 Å². The largest absolute Gasteiger partial charge is 0.432 e. The summed E-state index contributed by atoms with van der Waals surface area (Å²) in [5.41, 5.74) is 2.65. The van der Waals surface area contributed by atoms with Crippen LogP contribution in [0.15, 0.2) is 81.5 Å². The van der Waals surface area contributed by atoms with Gasteiger partial charge in [-0.05, 0) is 61.4 Å². The van der Waals surface area contributed by atoms with Crippen LogP contribution in [0.4, 0.5) is 4.39 Å². The number of aromatic nitrogens is 2. The summed E-state index contributed by atoms with van der Waals surface area (Å²) in [4.78, 5) is 9.51. The fraction of sp³-hybridized carbons (Fsp3) is 0.231. The van der Waals surface area contributed by atoms with Gasteiger partial charge in [-0.1, -0.05) is 23.2 Å². The Morgan fingerprint density at radius 2 is 1.90 bits per heavy atom. The van der Waals surface area contributed by atoms with Crippen LogP contribution in [0, 0.1) is 5.82 Å². The Bertz CT molecular complexity index is 1680. The minimum atomic E-state index is -3.78. The smallest absolute Gasteiger partial charge is 0.306 e. The standard InChI is InChI=1S/C26H23Cl2FN6O3S/c27-17-12-18(28)14-21(13-17)39(36,37)34-9-1-2-20(15-34)31-25-30-8-7-22(32-25)24-23(16-3-5-19(29)6-4-16)33-26-35(24)10-11-38-26/h3-8,10-14,20,25,30-31H,1-2,9,15H2/t20-,25?/m1/s1. The number of halogens is 3. The lowest BCUT2D eigenvalue weighted by Crippen LogP contribution is -2.53. The number of benzene rings is 2. The predicted octanol–water partition coefficient (Wildman–Crippen LogP) is 4.67. The van der Waals surface area contributed by atoms with Crippen LogP contribution in [-0.4, -0.2) is 53.2 Å². The Labute approximate surface area is 234 Å². The van der Waals surface area contributed by atoms with E-state index in [2.05, 4.69) is 15.6 Å². The van der Waals surface area contributed by atoms with Gasteiger partial charge in [-0.25, -0.2) is 17.8 Å². The molecule has 39 heavy (non-hydrogen) atoms. The van der Waals surface area contributed by atoms with Crippen LogP contribution in [-0.2, 0) is 10.0 Å². The van der Waals surface area contributed by atoms with E-state index in [-0.39, 0.29) is 33.3 Å². The van der Waals surface area contributed by atoms with E-state index in [1.54, 1.807) is 28.9 Å². The molecule has 0 spiro atoms. The van der Waals surface area contributed by atoms with Crippen molar-refractivity contribution in [2.24, 2.45) is 4.99 Å². The number of hydrogen-bond donors (Lipinski definition) is 2. The first-order valence-electron chi connectivity index (χ1n) is 12.2. The van der Waals surface area contributed by atoms with Crippen LogP contribution in [0.2, 0.25) is 10.0 Å². The van der Waals surface area contributed by atoms with Gasteiger partial charge in [0.05, 0.1) is 10.6 Å². The van der Waals surface area contributed by atoms with Gasteiger partial charge in [-0.3, -0.25) is 9.72 Å². The molecule has 4 heterocycles. The van der Waals surface area contributed by atoms with Crippen molar-refractivity contribution in [3.63, 3.8) is 0 Å². The third-order valence-electron chi connectivity index (χ3n) is 6.64. The molecule has 2 N–H and O–H groups in total. The monoisotopic (exact) mass is 588 g/mol. The average Bonchev–Trinajstić information content (AvgIpc) is 3.51. The van der Waals surface area contributed by atoms with E-state index in [4.69, 9.17) is 32.6 Å². The van der Waals surface area contributed by atoms with Crippen molar-refractivity contribution in [2.75, 3.05) is 13.1 Å². The van der Waals surface area contributed by atoms with Gasteiger partial charge in [0.15, 0.2) is 6.29 Å². The fourth-order valence-electron chi connectivity index (χ4n) is 4.85. The molecule has 2 aliphatic heterocycles. The van der Waals surface area contributed by atoms with Gasteiger partial charge in [-0.2, -0.15) is 9.29 Å². The summed E-state index contributed by atoms with van der Waals surface area (Å²) in [6, 6.07) is 10.2. The van der Waals surface area contributed by atoms with Crippen LogP contribution in [0.25, 0.3) is 17.1 Å². The summed E-state index contributed by atoms with van der Waals surface area (Å²) in [6.07, 6.45) is 7.81. The fourth-order valence-corrected chi connectivity index (χ4v) is 7.10. The van der Waals surface area contributed by atoms with Crippen molar-refractivity contribution >= 4 is 44.8 Å². The van der Waals surface area contributed by atoms with Crippen LogP contribution in [0.3, 0.4) is 0 Å². The highest BCUT2D eigenvalue weighted by molar-refractivity contribution is 7.89. The van der Waals surface area contributed by atoms with Crippen molar-refractivity contribution in [2.45, 2.75) is 30.1 Å². The molecule has 1 saturated heterocycles. The van der Waals surface area contributed by atoms with E-state index in [0.29, 0.717) is 35.9 Å². The highest BCUT2D eigenvalue weighted by Gasteiger charge is 2.32. The second kappa shape index (κ2) is 10.4. The summed E-state index contributed by atoms with van der Waals surface area (Å²) in [7, 11) is -3.78. The van der Waals surface area contributed by atoms with Gasteiger partial charge in [-0.15, -0.1) is 0 Å². The van der Waals surface area contributed by atoms with Crippen molar-refractivity contribution in [3.05, 3.63) is 88.8 Å². The first-order chi connectivity index (χ1) is 18.8. The number of rotatable bonds is 6. The average molecular weight is 589 g/mol. The van der Waals surface area contributed by atoms with E-state index in [1.165, 1.54) is 40.9 Å². The lowest BCUT2D eigenvalue weighted by molar-refractivity contribution is 0.261. The maximum Gasteiger partial charge on any atom is 0.306 e. The lowest BCUT2D eigenvalue weighted by atomic mass is 10.1. The molecule has 0 bridgehead atoms. The third kappa shape index (κ3) is 5.20. The molecule has 0 amide bonds. The molecule has 13 heteroatoms. The van der Waals surface area contributed by atoms with Gasteiger partial charge >= 0.3 is 5.84 Å². The van der Waals surface area contributed by atoms with Crippen LogP contribution >= 0.6 is 23.2 Å². The first kappa shape index (κ1) is 26.0. The van der Waals surface area contributed by atoms with E-state index in [9.17, 15) is 12.8 Å². The Hall–Kier alpha value is -3.22. The predicted molar refractivity (Wildman–Crippen MR) is 147 cm³/mol. The molecule has 6 rings (SSSR count). The molecule has 9 nitrogen and oxygen atoms in total. The van der Waals surface area contributed by atoms with Crippen molar-refractivity contribution in [1.29, 1.82) is 0 Å². The number of nitrogens with one attached hydrogen (secondary N) is 2. The maximum absolute atomic E-state index is 13.6. The number of allylic oxidation sites excluding steroid dienone is 1. The quantitative estimate of drug-likeness (QED) is 0.339. The normalized spacial score (nSPS) is 20.2. The number of oxazole rings is 1. The minimum Gasteiger partial charge on any atom is -0.432 e. The molecule has 2 aromatic carbocycles. The van der Waals surface area contributed by atoms with Gasteiger partial charge in [0.25, 0.3) is 0 Å². The SMILES string of the molecule is O=S(=O)(c1cc(Cl)cc(Cl)c1)N1CCC[C@@H](NC2N=C(c3c(-c4ccc(F)cc4)nc4occn34)C=CN2)C1. The minimum absolute atomic E-state index is 0.0675. The van der Waals surface area contributed by atoms with Gasteiger partial charge in [0.2, 0.25) is 10.0 Å². The first-order valence-corrected chi connectivity index (χ1v) is 14.4. The summed E-state index contributed by atoms with van der Waals surface area (Å²) in [6.45, 7) is 0.658. The Morgan fingerprint density at radius 1 is 1.13 bits per heavy atom. The zero-order chi connectivity index (χ0) is 27.1. The molecule has 0 aliphatic carbocycles. The molecule has 2 atom stereocenters. The summed E-state index contributed by atoms with van der Waals surface area (Å²) in [5.74, 6) is 0.0475. The maximum atomic E-state index is 13.6. The Morgan fingerprint density at radius 3 is 2.67 bits per heavy atom. The molecular weight excluding hydrogens is 566 g/mol. The summed E-state index contributed by atoms with van der Waals surface area (Å²) < 4.78 is 48.9. The number of sulfonamides is 1. The van der Waals surface area contributed by atoms with Crippen LogP contribution < -0.4 is 10.6 Å². The second-order valence-electron chi connectivity index (χ2n) is 9.26. The third-order valence-corrected chi connectivity index (χ3v) is 8.92. The Balaban J connectivity index is 1.25. The van der Waals surface area contributed by atoms with E-state index >= 15 is 0 Å². The van der Waals surface area contributed by atoms with Gasteiger partial charge in [0.1, 0.15) is 23.5 Å². The number of aliphatic imine (C=N–C) groups is 1. The van der Waals surface area contributed by atoms with Crippen molar-refractivity contribution in [1.82, 2.24) is 24.3 Å². The van der Waals surface area contributed by atoms with Crippen LogP contribution in [0.1, 0.15) is 18.5 Å². The zero-order valence-corrected chi connectivity index (χ0v) is 22.7. The van der Waals surface area contributed by atoms with Gasteiger partial charge < -0.3 is 9.73 Å². The molecule has 4 aromatic rings. The van der Waals surface area contributed by atoms with Crippen molar-refractivity contribution in [3.8, 4) is 11.3 Å². The number of nitrogens with zero attached hydrogens (tertiary/aromatic N) is 4. The summed E-state index contributed by atoms with van der Waals surface area (Å²) in [5, 5.41) is 7.13. The highest BCUT2D eigenvalue weighted by atomic mass is 35.5. The Kier molecular flexibility index (Phi) is 6.94. The molecule has 1 fully saturated rings.